The van der Waals surface area contributed by atoms with Crippen molar-refractivity contribution in [3.8, 4) is 33.4 Å². The van der Waals surface area contributed by atoms with Gasteiger partial charge in [-0.2, -0.15) is 0 Å². The van der Waals surface area contributed by atoms with Crippen molar-refractivity contribution in [3.05, 3.63) is 138 Å². The molecule has 3 heteroatoms. The summed E-state index contributed by atoms with van der Waals surface area (Å²) in [5.74, 6) is 0.143. The van der Waals surface area contributed by atoms with Gasteiger partial charge in [-0.1, -0.05) is 115 Å². The van der Waals surface area contributed by atoms with Crippen LogP contribution in [0.4, 0.5) is 0 Å². The Morgan fingerprint density at radius 1 is 0.500 bits per heavy atom. The molecule has 0 saturated carbocycles. The monoisotopic (exact) mass is 520 g/mol. The van der Waals surface area contributed by atoms with Crippen molar-refractivity contribution in [2.75, 3.05) is 0 Å². The van der Waals surface area contributed by atoms with Crippen molar-refractivity contribution in [2.45, 2.75) is 44.8 Å². The van der Waals surface area contributed by atoms with Gasteiger partial charge >= 0.3 is 7.12 Å². The average Bonchev–Trinajstić information content (AvgIpc) is 3.42. The van der Waals surface area contributed by atoms with E-state index >= 15 is 0 Å². The Labute approximate surface area is 237 Å². The van der Waals surface area contributed by atoms with Gasteiger partial charge in [-0.15, -0.1) is 0 Å². The lowest BCUT2D eigenvalue weighted by atomic mass is 9.77. The lowest BCUT2D eigenvalue weighted by Gasteiger charge is -2.32. The third-order valence-corrected chi connectivity index (χ3v) is 8.98. The van der Waals surface area contributed by atoms with Gasteiger partial charge in [0.15, 0.2) is 0 Å². The first-order valence-electron chi connectivity index (χ1n) is 14.2. The molecule has 0 N–H and O–H groups in total. The van der Waals surface area contributed by atoms with Crippen LogP contribution in [0.25, 0.3) is 33.4 Å². The minimum absolute atomic E-state index is 0.143. The summed E-state index contributed by atoms with van der Waals surface area (Å²) in [5.41, 5.74) is 11.8. The van der Waals surface area contributed by atoms with Crippen LogP contribution in [0.2, 0.25) is 0 Å². The van der Waals surface area contributed by atoms with E-state index in [1.807, 2.05) is 0 Å². The zero-order chi connectivity index (χ0) is 27.5. The van der Waals surface area contributed by atoms with E-state index in [1.165, 1.54) is 50.1 Å². The van der Waals surface area contributed by atoms with Gasteiger partial charge in [-0.3, -0.25) is 0 Å². The number of hydrogen-bond acceptors (Lipinski definition) is 2. The molecular formula is C37H33BO2. The van der Waals surface area contributed by atoms with Crippen LogP contribution in [0.1, 0.15) is 50.3 Å². The molecule has 1 heterocycles. The topological polar surface area (TPSA) is 18.5 Å². The third kappa shape index (κ3) is 4.13. The Bertz CT molecular complexity index is 1630. The highest BCUT2D eigenvalue weighted by molar-refractivity contribution is 6.62. The molecule has 1 unspecified atom stereocenters. The summed E-state index contributed by atoms with van der Waals surface area (Å²) in [4.78, 5) is 0. The molecule has 0 spiro atoms. The first-order valence-corrected chi connectivity index (χ1v) is 14.2. The van der Waals surface area contributed by atoms with Crippen molar-refractivity contribution in [1.29, 1.82) is 0 Å². The maximum atomic E-state index is 6.42. The molecule has 0 bridgehead atoms. The van der Waals surface area contributed by atoms with Crippen molar-refractivity contribution < 1.29 is 9.31 Å². The molecule has 5 aromatic carbocycles. The first-order chi connectivity index (χ1) is 19.3. The van der Waals surface area contributed by atoms with Gasteiger partial charge in [0, 0.05) is 5.92 Å². The Morgan fingerprint density at radius 2 is 1.02 bits per heavy atom. The molecule has 1 atom stereocenters. The maximum Gasteiger partial charge on any atom is 0.494 e. The second-order valence-electron chi connectivity index (χ2n) is 12.0. The summed E-state index contributed by atoms with van der Waals surface area (Å²) in [7, 11) is -0.382. The molecule has 1 saturated heterocycles. The molecule has 1 aliphatic heterocycles. The molecule has 7 rings (SSSR count). The predicted octanol–water partition coefficient (Wildman–Crippen LogP) is 8.48. The van der Waals surface area contributed by atoms with Crippen LogP contribution in [0.15, 0.2) is 121 Å². The molecule has 2 aliphatic rings. The van der Waals surface area contributed by atoms with Crippen LogP contribution >= 0.6 is 0 Å². The summed E-state index contributed by atoms with van der Waals surface area (Å²) >= 11 is 0. The lowest BCUT2D eigenvalue weighted by molar-refractivity contribution is 0.00578. The quantitative estimate of drug-likeness (QED) is 0.217. The molecule has 2 nitrogen and oxygen atoms in total. The normalized spacial score (nSPS) is 18.4. The average molecular weight is 520 g/mol. The molecular weight excluding hydrogens is 487 g/mol. The van der Waals surface area contributed by atoms with Crippen LogP contribution in [0, 0.1) is 0 Å². The zero-order valence-electron chi connectivity index (χ0n) is 23.5. The van der Waals surface area contributed by atoms with Crippen molar-refractivity contribution in [3.63, 3.8) is 0 Å². The van der Waals surface area contributed by atoms with Crippen LogP contribution < -0.4 is 5.46 Å². The van der Waals surface area contributed by atoms with E-state index in [0.717, 1.165) is 5.46 Å². The Hall–Kier alpha value is -3.92. The molecule has 0 aromatic heterocycles. The standard InChI is InChI=1S/C37H33BO2/c1-36(2)37(3,4)40-38(39-36)30-19-20-33-34(24-30)31-17-11-12-18-32(31)35(33)29-22-27(25-13-7-5-8-14-25)21-28(23-29)26-15-9-6-10-16-26/h5-24,35H,1-4H3. The summed E-state index contributed by atoms with van der Waals surface area (Å²) in [6.45, 7) is 8.43. The van der Waals surface area contributed by atoms with Gasteiger partial charge in [0.1, 0.15) is 0 Å². The zero-order valence-corrected chi connectivity index (χ0v) is 23.5. The predicted molar refractivity (Wildman–Crippen MR) is 166 cm³/mol. The highest BCUT2D eigenvalue weighted by atomic mass is 16.7. The summed E-state index contributed by atoms with van der Waals surface area (Å²) in [6.07, 6.45) is 0. The number of rotatable bonds is 4. The van der Waals surface area contributed by atoms with E-state index in [0.29, 0.717) is 0 Å². The largest absolute Gasteiger partial charge is 0.494 e. The van der Waals surface area contributed by atoms with Gasteiger partial charge in [-0.05, 0) is 89.3 Å². The van der Waals surface area contributed by atoms with Crippen molar-refractivity contribution in [2.24, 2.45) is 0 Å². The van der Waals surface area contributed by atoms with Gasteiger partial charge < -0.3 is 9.31 Å². The van der Waals surface area contributed by atoms with Gasteiger partial charge in [0.05, 0.1) is 11.2 Å². The lowest BCUT2D eigenvalue weighted by Crippen LogP contribution is -2.41. The fraction of sp³-hybridized carbons (Fsp3) is 0.189. The highest BCUT2D eigenvalue weighted by Gasteiger charge is 2.52. The smallest absolute Gasteiger partial charge is 0.399 e. The van der Waals surface area contributed by atoms with Crippen LogP contribution in [-0.4, -0.2) is 18.3 Å². The van der Waals surface area contributed by atoms with Gasteiger partial charge in [-0.25, -0.2) is 0 Å². The van der Waals surface area contributed by atoms with Gasteiger partial charge in [0.25, 0.3) is 0 Å². The van der Waals surface area contributed by atoms with E-state index in [9.17, 15) is 0 Å². The van der Waals surface area contributed by atoms with E-state index < -0.39 is 0 Å². The number of hydrogen-bond donors (Lipinski definition) is 0. The Kier molecular flexibility index (Phi) is 5.85. The number of benzene rings is 5. The third-order valence-electron chi connectivity index (χ3n) is 8.98. The van der Waals surface area contributed by atoms with E-state index in [4.69, 9.17) is 9.31 Å². The van der Waals surface area contributed by atoms with E-state index in [2.05, 4.69) is 149 Å². The highest BCUT2D eigenvalue weighted by Crippen LogP contribution is 2.49. The van der Waals surface area contributed by atoms with Crippen molar-refractivity contribution in [1.82, 2.24) is 0 Å². The first kappa shape index (κ1) is 25.1. The van der Waals surface area contributed by atoms with Gasteiger partial charge in [0.2, 0.25) is 0 Å². The van der Waals surface area contributed by atoms with E-state index in [-0.39, 0.29) is 24.2 Å². The minimum atomic E-state index is -0.382. The molecule has 196 valence electrons. The molecule has 40 heavy (non-hydrogen) atoms. The molecule has 0 radical (unpaired) electrons. The second kappa shape index (κ2) is 9.33. The second-order valence-corrected chi connectivity index (χ2v) is 12.0. The summed E-state index contributed by atoms with van der Waals surface area (Å²) < 4.78 is 12.8. The maximum absolute atomic E-state index is 6.42. The SMILES string of the molecule is CC1(C)OB(c2ccc3c(c2)-c2ccccc2C3c2cc(-c3ccccc3)cc(-c3ccccc3)c2)OC1(C)C. The minimum Gasteiger partial charge on any atom is -0.399 e. The fourth-order valence-electron chi connectivity index (χ4n) is 6.12. The van der Waals surface area contributed by atoms with E-state index in [1.54, 1.807) is 0 Å². The molecule has 0 amide bonds. The van der Waals surface area contributed by atoms with Crippen LogP contribution in [0.3, 0.4) is 0 Å². The summed E-state index contributed by atoms with van der Waals surface area (Å²) in [6, 6.07) is 44.1. The number of fused-ring (bicyclic) bond motifs is 3. The molecule has 5 aromatic rings. The van der Waals surface area contributed by atoms with Crippen LogP contribution in [0.5, 0.6) is 0 Å². The van der Waals surface area contributed by atoms with Crippen LogP contribution in [-0.2, 0) is 9.31 Å². The molecule has 1 fully saturated rings. The molecule has 1 aliphatic carbocycles. The Balaban J connectivity index is 1.38. The Morgan fingerprint density at radius 3 is 1.62 bits per heavy atom. The fourth-order valence-corrected chi connectivity index (χ4v) is 6.12. The van der Waals surface area contributed by atoms with Crippen molar-refractivity contribution >= 4 is 12.6 Å². The summed E-state index contributed by atoms with van der Waals surface area (Å²) in [5, 5.41) is 0.